The normalized spacial score (nSPS) is 27.6. The molecule has 2 unspecified atom stereocenters. The van der Waals surface area contributed by atoms with Crippen molar-refractivity contribution in [1.82, 2.24) is 9.80 Å². The summed E-state index contributed by atoms with van der Waals surface area (Å²) in [5.41, 5.74) is 8.42. The van der Waals surface area contributed by atoms with Crippen LogP contribution in [0.1, 0.15) is 36.4 Å². The Kier molecular flexibility index (Phi) is 4.85. The van der Waals surface area contributed by atoms with Crippen LogP contribution in [0.4, 0.5) is 0 Å². The molecule has 0 aliphatic carbocycles. The Labute approximate surface area is 133 Å². The molecule has 2 saturated heterocycles. The maximum atomic E-state index is 6.53. The van der Waals surface area contributed by atoms with Gasteiger partial charge in [-0.15, -0.1) is 0 Å². The van der Waals surface area contributed by atoms with Crippen molar-refractivity contribution in [3.8, 4) is 0 Å². The fourth-order valence-electron chi connectivity index (χ4n) is 3.75. The molecular weight excluding hydrogens is 282 g/mol. The lowest BCUT2D eigenvalue weighted by Gasteiger charge is -2.21. The summed E-state index contributed by atoms with van der Waals surface area (Å²) in [6.07, 6.45) is 3.79. The van der Waals surface area contributed by atoms with Crippen LogP contribution < -0.4 is 5.73 Å². The Bertz CT molecular complexity index is 485. The van der Waals surface area contributed by atoms with E-state index in [1.165, 1.54) is 37.1 Å². The summed E-state index contributed by atoms with van der Waals surface area (Å²) in [6, 6.07) is 7.13. The van der Waals surface area contributed by atoms with E-state index in [1.807, 2.05) is 0 Å². The second kappa shape index (κ2) is 6.66. The zero-order valence-corrected chi connectivity index (χ0v) is 13.6. The summed E-state index contributed by atoms with van der Waals surface area (Å²) in [6.45, 7) is 5.28. The number of hydrogen-bond donors (Lipinski definition) is 1. The molecule has 2 heterocycles. The number of hydrogen-bond acceptors (Lipinski definition) is 3. The van der Waals surface area contributed by atoms with Crippen molar-refractivity contribution in [1.29, 1.82) is 0 Å². The molecule has 1 aromatic carbocycles. The van der Waals surface area contributed by atoms with Crippen LogP contribution in [0.25, 0.3) is 0 Å². The van der Waals surface area contributed by atoms with Gasteiger partial charge in [0.15, 0.2) is 0 Å². The molecule has 2 atom stereocenters. The van der Waals surface area contributed by atoms with E-state index in [1.54, 1.807) is 0 Å². The molecular formula is C17H26ClN3. The Morgan fingerprint density at radius 3 is 2.67 bits per heavy atom. The minimum absolute atomic E-state index is 0.469. The van der Waals surface area contributed by atoms with Crippen LogP contribution >= 0.6 is 11.6 Å². The Morgan fingerprint density at radius 2 is 2.05 bits per heavy atom. The van der Waals surface area contributed by atoms with E-state index in [-0.39, 0.29) is 0 Å². The van der Waals surface area contributed by atoms with Gasteiger partial charge in [0, 0.05) is 24.2 Å². The highest BCUT2D eigenvalue weighted by molar-refractivity contribution is 6.31. The van der Waals surface area contributed by atoms with Crippen molar-refractivity contribution in [3.05, 3.63) is 34.3 Å². The predicted molar refractivity (Wildman–Crippen MR) is 88.5 cm³/mol. The largest absolute Gasteiger partial charge is 0.330 e. The molecule has 2 aliphatic heterocycles. The second-order valence-corrected chi connectivity index (χ2v) is 7.03. The summed E-state index contributed by atoms with van der Waals surface area (Å²) in [5.74, 6) is 0.614. The third-order valence-corrected chi connectivity index (χ3v) is 5.37. The summed E-state index contributed by atoms with van der Waals surface area (Å²) >= 11 is 6.53. The predicted octanol–water partition coefficient (Wildman–Crippen LogP) is 2.89. The van der Waals surface area contributed by atoms with E-state index in [4.69, 9.17) is 17.3 Å². The van der Waals surface area contributed by atoms with Gasteiger partial charge in [0.2, 0.25) is 0 Å². The van der Waals surface area contributed by atoms with E-state index in [2.05, 4.69) is 35.0 Å². The minimum atomic E-state index is 0.469. The van der Waals surface area contributed by atoms with E-state index >= 15 is 0 Å². The van der Waals surface area contributed by atoms with Crippen LogP contribution in [0, 0.1) is 5.92 Å². The quantitative estimate of drug-likeness (QED) is 0.928. The SMILES string of the molecule is CN1CC(CN)CC1c1ccc(CN2CCCC2)c(Cl)c1. The van der Waals surface area contributed by atoms with Crippen LogP contribution in [0.15, 0.2) is 18.2 Å². The van der Waals surface area contributed by atoms with Gasteiger partial charge >= 0.3 is 0 Å². The number of likely N-dealkylation sites (tertiary alicyclic amines) is 2. The van der Waals surface area contributed by atoms with Gasteiger partial charge in [-0.2, -0.15) is 0 Å². The van der Waals surface area contributed by atoms with Crippen molar-refractivity contribution in [2.75, 3.05) is 33.2 Å². The number of benzene rings is 1. The molecule has 0 radical (unpaired) electrons. The average Bonchev–Trinajstić information content (AvgIpc) is 3.10. The van der Waals surface area contributed by atoms with Crippen molar-refractivity contribution < 1.29 is 0 Å². The lowest BCUT2D eigenvalue weighted by atomic mass is 9.99. The molecule has 1 aromatic rings. The molecule has 2 aliphatic rings. The van der Waals surface area contributed by atoms with Crippen LogP contribution in [0.3, 0.4) is 0 Å². The molecule has 0 aromatic heterocycles. The van der Waals surface area contributed by atoms with E-state index in [9.17, 15) is 0 Å². The van der Waals surface area contributed by atoms with Gasteiger partial charge in [0.25, 0.3) is 0 Å². The third-order valence-electron chi connectivity index (χ3n) is 5.02. The second-order valence-electron chi connectivity index (χ2n) is 6.63. The summed E-state index contributed by atoms with van der Waals surface area (Å²) in [7, 11) is 2.19. The number of nitrogens with zero attached hydrogens (tertiary/aromatic N) is 2. The topological polar surface area (TPSA) is 32.5 Å². The minimum Gasteiger partial charge on any atom is -0.330 e. The Morgan fingerprint density at radius 1 is 1.29 bits per heavy atom. The molecule has 0 saturated carbocycles. The number of nitrogens with two attached hydrogens (primary N) is 1. The molecule has 3 rings (SSSR count). The van der Waals surface area contributed by atoms with Gasteiger partial charge in [0.05, 0.1) is 0 Å². The maximum absolute atomic E-state index is 6.53. The summed E-state index contributed by atoms with van der Waals surface area (Å²) < 4.78 is 0. The average molecular weight is 308 g/mol. The molecule has 2 fully saturated rings. The van der Waals surface area contributed by atoms with Crippen LogP contribution in [-0.2, 0) is 6.54 Å². The fourth-order valence-corrected chi connectivity index (χ4v) is 4.00. The highest BCUT2D eigenvalue weighted by atomic mass is 35.5. The molecule has 3 nitrogen and oxygen atoms in total. The highest BCUT2D eigenvalue weighted by Crippen LogP contribution is 2.35. The maximum Gasteiger partial charge on any atom is 0.0454 e. The molecule has 21 heavy (non-hydrogen) atoms. The first-order chi connectivity index (χ1) is 10.2. The van der Waals surface area contributed by atoms with Crippen molar-refractivity contribution in [2.24, 2.45) is 11.7 Å². The van der Waals surface area contributed by atoms with Gasteiger partial charge < -0.3 is 5.73 Å². The zero-order valence-electron chi connectivity index (χ0n) is 12.9. The Balaban J connectivity index is 1.71. The number of rotatable bonds is 4. The highest BCUT2D eigenvalue weighted by Gasteiger charge is 2.29. The van der Waals surface area contributed by atoms with Gasteiger partial charge in [0.1, 0.15) is 0 Å². The monoisotopic (exact) mass is 307 g/mol. The van der Waals surface area contributed by atoms with E-state index < -0.39 is 0 Å². The Hall–Kier alpha value is -0.610. The first kappa shape index (κ1) is 15.3. The van der Waals surface area contributed by atoms with Gasteiger partial charge in [-0.25, -0.2) is 0 Å². The summed E-state index contributed by atoms with van der Waals surface area (Å²) in [4.78, 5) is 4.90. The smallest absolute Gasteiger partial charge is 0.0454 e. The number of halogens is 1. The third kappa shape index (κ3) is 3.42. The molecule has 0 spiro atoms. The van der Waals surface area contributed by atoms with Gasteiger partial charge in [-0.3, -0.25) is 9.80 Å². The van der Waals surface area contributed by atoms with E-state index in [0.717, 1.165) is 31.1 Å². The van der Waals surface area contributed by atoms with Crippen LogP contribution in [-0.4, -0.2) is 43.0 Å². The van der Waals surface area contributed by atoms with Crippen molar-refractivity contribution in [2.45, 2.75) is 31.8 Å². The molecule has 2 N–H and O–H groups in total. The van der Waals surface area contributed by atoms with Crippen molar-refractivity contribution >= 4 is 11.6 Å². The lowest BCUT2D eigenvalue weighted by molar-refractivity contribution is 0.313. The zero-order chi connectivity index (χ0) is 14.8. The van der Waals surface area contributed by atoms with E-state index in [0.29, 0.717) is 12.0 Å². The first-order valence-corrected chi connectivity index (χ1v) is 8.46. The lowest BCUT2D eigenvalue weighted by Crippen LogP contribution is -2.21. The molecule has 0 amide bonds. The standard InChI is InChI=1S/C17H26ClN3/c1-20-11-13(10-19)8-17(20)14-4-5-15(16(18)9-14)12-21-6-2-3-7-21/h4-5,9,13,17H,2-3,6-8,10-12,19H2,1H3. The molecule has 0 bridgehead atoms. The molecule has 4 heteroatoms. The van der Waals surface area contributed by atoms with Crippen LogP contribution in [0.2, 0.25) is 5.02 Å². The van der Waals surface area contributed by atoms with Crippen molar-refractivity contribution in [3.63, 3.8) is 0 Å². The van der Waals surface area contributed by atoms with Gasteiger partial charge in [-0.1, -0.05) is 23.7 Å². The van der Waals surface area contributed by atoms with Gasteiger partial charge in [-0.05, 0) is 69.1 Å². The molecule has 116 valence electrons. The fraction of sp³-hybridized carbons (Fsp3) is 0.647. The summed E-state index contributed by atoms with van der Waals surface area (Å²) in [5, 5.41) is 0.920. The van der Waals surface area contributed by atoms with Crippen LogP contribution in [0.5, 0.6) is 0 Å². The first-order valence-electron chi connectivity index (χ1n) is 8.08.